The van der Waals surface area contributed by atoms with Gasteiger partial charge >= 0.3 is 5.97 Å². The van der Waals surface area contributed by atoms with Gasteiger partial charge in [0, 0.05) is 25.3 Å². The Morgan fingerprint density at radius 1 is 1.23 bits per heavy atom. The van der Waals surface area contributed by atoms with Crippen molar-refractivity contribution >= 4 is 11.9 Å². The summed E-state index contributed by atoms with van der Waals surface area (Å²) in [5.41, 5.74) is 0.811. The minimum atomic E-state index is -0.911. The molecule has 0 radical (unpaired) electrons. The average Bonchev–Trinajstić information content (AvgIpc) is 2.53. The molecular formula is C17H23NO4. The third kappa shape index (κ3) is 3.65. The number of hydrogen-bond acceptors (Lipinski definition) is 3. The van der Waals surface area contributed by atoms with Crippen LogP contribution in [0.25, 0.3) is 0 Å². The maximum atomic E-state index is 12.2. The van der Waals surface area contributed by atoms with E-state index in [-0.39, 0.29) is 12.5 Å². The fourth-order valence-corrected chi connectivity index (χ4v) is 2.60. The molecule has 5 nitrogen and oxygen atoms in total. The molecule has 2 N–H and O–H groups in total. The average molecular weight is 305 g/mol. The minimum Gasteiger partial charge on any atom is -0.481 e. The molecule has 1 fully saturated rings. The molecule has 0 bridgehead atoms. The Morgan fingerprint density at radius 2 is 1.82 bits per heavy atom. The Bertz CT molecular complexity index is 530. The maximum Gasteiger partial charge on any atom is 0.311 e. The Morgan fingerprint density at radius 3 is 2.32 bits per heavy atom. The number of aliphatic carboxylic acids is 1. The molecule has 0 spiro atoms. The monoisotopic (exact) mass is 305 g/mol. The minimum absolute atomic E-state index is 0.135. The van der Waals surface area contributed by atoms with Gasteiger partial charge in [-0.15, -0.1) is 0 Å². The van der Waals surface area contributed by atoms with Crippen molar-refractivity contribution in [1.82, 2.24) is 5.32 Å². The van der Waals surface area contributed by atoms with Crippen molar-refractivity contribution in [2.24, 2.45) is 5.41 Å². The van der Waals surface area contributed by atoms with E-state index in [1.807, 2.05) is 12.1 Å². The predicted octanol–water partition coefficient (Wildman–Crippen LogP) is 2.42. The van der Waals surface area contributed by atoms with E-state index in [0.29, 0.717) is 37.5 Å². The molecule has 1 amide bonds. The summed E-state index contributed by atoms with van der Waals surface area (Å²) >= 11 is 0. The van der Waals surface area contributed by atoms with Crippen LogP contribution in [0.3, 0.4) is 0 Å². The van der Waals surface area contributed by atoms with Crippen LogP contribution in [-0.2, 0) is 9.53 Å². The van der Waals surface area contributed by atoms with Crippen LogP contribution in [0.15, 0.2) is 24.3 Å². The van der Waals surface area contributed by atoms with Gasteiger partial charge in [-0.3, -0.25) is 9.59 Å². The summed E-state index contributed by atoms with van der Waals surface area (Å²) in [5.74, 6) is -0.691. The van der Waals surface area contributed by atoms with Gasteiger partial charge in [0.15, 0.2) is 0 Å². The number of benzene rings is 1. The number of carboxylic acids is 1. The first-order chi connectivity index (χ1) is 10.4. The molecule has 1 aliphatic rings. The molecule has 2 rings (SSSR count). The molecule has 0 unspecified atom stereocenters. The Hall–Kier alpha value is -1.88. The molecular weight excluding hydrogens is 282 g/mol. The van der Waals surface area contributed by atoms with Crippen LogP contribution in [0.4, 0.5) is 0 Å². The lowest BCUT2D eigenvalue weighted by Crippen LogP contribution is -2.46. The van der Waals surface area contributed by atoms with Gasteiger partial charge < -0.3 is 15.2 Å². The van der Waals surface area contributed by atoms with Crippen molar-refractivity contribution in [3.63, 3.8) is 0 Å². The SMILES string of the molecule is CC(C)c1ccc(C(=O)NCC2(C(=O)O)CCOCC2)cc1. The summed E-state index contributed by atoms with van der Waals surface area (Å²) in [6.45, 7) is 5.17. The summed E-state index contributed by atoms with van der Waals surface area (Å²) in [6.07, 6.45) is 0.851. The highest BCUT2D eigenvalue weighted by Gasteiger charge is 2.40. The largest absolute Gasteiger partial charge is 0.481 e. The van der Waals surface area contributed by atoms with Gasteiger partial charge in [-0.2, -0.15) is 0 Å². The lowest BCUT2D eigenvalue weighted by atomic mass is 9.80. The highest BCUT2D eigenvalue weighted by atomic mass is 16.5. The molecule has 1 aliphatic heterocycles. The number of amides is 1. The zero-order chi connectivity index (χ0) is 16.2. The molecule has 5 heteroatoms. The third-order valence-electron chi connectivity index (χ3n) is 4.33. The second kappa shape index (κ2) is 6.92. The van der Waals surface area contributed by atoms with Gasteiger partial charge in [-0.05, 0) is 36.5 Å². The molecule has 0 aromatic heterocycles. The van der Waals surface area contributed by atoms with Crippen molar-refractivity contribution < 1.29 is 19.4 Å². The van der Waals surface area contributed by atoms with Crippen LogP contribution in [0, 0.1) is 5.41 Å². The number of ether oxygens (including phenoxy) is 1. The van der Waals surface area contributed by atoms with Crippen molar-refractivity contribution in [2.45, 2.75) is 32.6 Å². The Balaban J connectivity index is 2.00. The normalized spacial score (nSPS) is 17.2. The number of carbonyl (C=O) groups excluding carboxylic acids is 1. The number of carbonyl (C=O) groups is 2. The van der Waals surface area contributed by atoms with Crippen LogP contribution in [0.5, 0.6) is 0 Å². The van der Waals surface area contributed by atoms with Crippen LogP contribution in [0.2, 0.25) is 0 Å². The van der Waals surface area contributed by atoms with Crippen molar-refractivity contribution in [2.75, 3.05) is 19.8 Å². The van der Waals surface area contributed by atoms with E-state index in [1.54, 1.807) is 12.1 Å². The second-order valence-electron chi connectivity index (χ2n) is 6.16. The fraction of sp³-hybridized carbons (Fsp3) is 0.529. The molecule has 1 saturated heterocycles. The molecule has 1 aromatic rings. The van der Waals surface area contributed by atoms with Crippen LogP contribution < -0.4 is 5.32 Å². The van der Waals surface area contributed by atoms with Crippen molar-refractivity contribution in [1.29, 1.82) is 0 Å². The molecule has 22 heavy (non-hydrogen) atoms. The number of rotatable bonds is 5. The smallest absolute Gasteiger partial charge is 0.311 e. The quantitative estimate of drug-likeness (QED) is 0.876. The fourth-order valence-electron chi connectivity index (χ4n) is 2.60. The van der Waals surface area contributed by atoms with E-state index in [9.17, 15) is 14.7 Å². The molecule has 1 aromatic carbocycles. The van der Waals surface area contributed by atoms with Gasteiger partial charge in [-0.1, -0.05) is 26.0 Å². The third-order valence-corrected chi connectivity index (χ3v) is 4.33. The lowest BCUT2D eigenvalue weighted by Gasteiger charge is -2.33. The number of nitrogens with one attached hydrogen (secondary N) is 1. The highest BCUT2D eigenvalue weighted by molar-refractivity contribution is 5.94. The topological polar surface area (TPSA) is 75.6 Å². The van der Waals surface area contributed by atoms with Crippen LogP contribution >= 0.6 is 0 Å². The number of carboxylic acid groups (broad SMARTS) is 1. The van der Waals surface area contributed by atoms with Gasteiger partial charge in [0.2, 0.25) is 0 Å². The van der Waals surface area contributed by atoms with E-state index in [2.05, 4.69) is 19.2 Å². The van der Waals surface area contributed by atoms with Gasteiger partial charge in [0.1, 0.15) is 0 Å². The Kier molecular flexibility index (Phi) is 5.19. The summed E-state index contributed by atoms with van der Waals surface area (Å²) in [7, 11) is 0. The molecule has 0 atom stereocenters. The van der Waals surface area contributed by atoms with Crippen LogP contribution in [-0.4, -0.2) is 36.7 Å². The molecule has 120 valence electrons. The van der Waals surface area contributed by atoms with Crippen molar-refractivity contribution in [3.05, 3.63) is 35.4 Å². The van der Waals surface area contributed by atoms with E-state index in [0.717, 1.165) is 0 Å². The second-order valence-corrected chi connectivity index (χ2v) is 6.16. The zero-order valence-corrected chi connectivity index (χ0v) is 13.1. The summed E-state index contributed by atoms with van der Waals surface area (Å²) in [6, 6.07) is 7.42. The van der Waals surface area contributed by atoms with Gasteiger partial charge in [-0.25, -0.2) is 0 Å². The van der Waals surface area contributed by atoms with E-state index < -0.39 is 11.4 Å². The first-order valence-electron chi connectivity index (χ1n) is 7.64. The summed E-state index contributed by atoms with van der Waals surface area (Å²) < 4.78 is 5.23. The van der Waals surface area contributed by atoms with E-state index >= 15 is 0 Å². The summed E-state index contributed by atoms with van der Waals surface area (Å²) in [4.78, 5) is 23.7. The van der Waals surface area contributed by atoms with Crippen molar-refractivity contribution in [3.8, 4) is 0 Å². The highest BCUT2D eigenvalue weighted by Crippen LogP contribution is 2.30. The van der Waals surface area contributed by atoms with E-state index in [4.69, 9.17) is 4.74 Å². The maximum absolute atomic E-state index is 12.2. The first kappa shape index (κ1) is 16.5. The van der Waals surface area contributed by atoms with Crippen LogP contribution in [0.1, 0.15) is 48.5 Å². The van der Waals surface area contributed by atoms with Gasteiger partial charge in [0.05, 0.1) is 5.41 Å². The molecule has 0 saturated carbocycles. The zero-order valence-electron chi connectivity index (χ0n) is 13.1. The van der Waals surface area contributed by atoms with Gasteiger partial charge in [0.25, 0.3) is 5.91 Å². The summed E-state index contributed by atoms with van der Waals surface area (Å²) in [5, 5.41) is 12.2. The van der Waals surface area contributed by atoms with E-state index in [1.165, 1.54) is 5.56 Å². The standard InChI is InChI=1S/C17H23NO4/c1-12(2)13-3-5-14(6-4-13)15(19)18-11-17(16(20)21)7-9-22-10-8-17/h3-6,12H,7-11H2,1-2H3,(H,18,19)(H,20,21). The number of hydrogen-bond donors (Lipinski definition) is 2. The molecule has 1 heterocycles. The predicted molar refractivity (Wildman–Crippen MR) is 83.0 cm³/mol. The lowest BCUT2D eigenvalue weighted by molar-refractivity contribution is -0.154. The Labute approximate surface area is 130 Å². The molecule has 0 aliphatic carbocycles. The first-order valence-corrected chi connectivity index (χ1v) is 7.64.